The van der Waals surface area contributed by atoms with Crippen molar-refractivity contribution in [1.29, 1.82) is 0 Å². The number of aliphatic hydroxyl groups excluding tert-OH is 1. The van der Waals surface area contributed by atoms with E-state index in [0.717, 1.165) is 17.5 Å². The zero-order valence-corrected chi connectivity index (χ0v) is 25.4. The topological polar surface area (TPSA) is 108 Å². The molecule has 8 nitrogen and oxygen atoms in total. The highest BCUT2D eigenvalue weighted by atomic mass is 16.5. The number of hydrogen-bond donors (Lipinski definition) is 3. The van der Waals surface area contributed by atoms with Crippen LogP contribution in [0.5, 0.6) is 0 Å². The predicted octanol–water partition coefficient (Wildman–Crippen LogP) is 3.61. The van der Waals surface area contributed by atoms with Crippen LogP contribution in [-0.2, 0) is 32.1 Å². The third-order valence-corrected chi connectivity index (χ3v) is 8.95. The Balaban J connectivity index is 1.48. The molecule has 3 saturated heterocycles. The Kier molecular flexibility index (Phi) is 8.25. The summed E-state index contributed by atoms with van der Waals surface area (Å²) in [4.78, 5) is 44.0. The second-order valence-corrected chi connectivity index (χ2v) is 14.1. The van der Waals surface area contributed by atoms with E-state index in [4.69, 9.17) is 4.74 Å². The summed E-state index contributed by atoms with van der Waals surface area (Å²) in [5.74, 6) is -2.31. The van der Waals surface area contributed by atoms with Crippen LogP contribution in [0.2, 0.25) is 0 Å². The molecule has 5 rings (SSSR count). The molecule has 6 atom stereocenters. The van der Waals surface area contributed by atoms with Crippen molar-refractivity contribution in [3.8, 4) is 0 Å². The Morgan fingerprint density at radius 3 is 2.21 bits per heavy atom. The molecule has 3 fully saturated rings. The molecule has 1 spiro atoms. The number of rotatable bonds is 10. The molecule has 3 aliphatic rings. The molecule has 0 aromatic heterocycles. The number of fused-ring (bicyclic) bond motifs is 1. The third-order valence-electron chi connectivity index (χ3n) is 8.95. The molecule has 3 amide bonds. The fourth-order valence-corrected chi connectivity index (χ4v) is 7.90. The first-order chi connectivity index (χ1) is 19.8. The lowest BCUT2D eigenvalue weighted by atomic mass is 9.70. The van der Waals surface area contributed by atoms with E-state index in [1.54, 1.807) is 4.90 Å². The summed E-state index contributed by atoms with van der Waals surface area (Å²) < 4.78 is 6.60. The Morgan fingerprint density at radius 2 is 1.62 bits per heavy atom. The predicted molar refractivity (Wildman–Crippen MR) is 160 cm³/mol. The largest absolute Gasteiger partial charge is 0.394 e. The lowest BCUT2D eigenvalue weighted by Crippen LogP contribution is -2.61. The molecule has 0 radical (unpaired) electrons. The van der Waals surface area contributed by atoms with Crippen molar-refractivity contribution in [3.63, 3.8) is 0 Å². The number of ether oxygens (including phenoxy) is 1. The number of benzene rings is 2. The molecule has 3 N–H and O–H groups in total. The highest BCUT2D eigenvalue weighted by Gasteiger charge is 2.75. The fourth-order valence-electron chi connectivity index (χ4n) is 7.90. The van der Waals surface area contributed by atoms with Gasteiger partial charge in [0.15, 0.2) is 0 Å². The van der Waals surface area contributed by atoms with Gasteiger partial charge in [0.25, 0.3) is 0 Å². The maximum absolute atomic E-state index is 14.4. The van der Waals surface area contributed by atoms with Crippen molar-refractivity contribution in [1.82, 2.24) is 15.5 Å². The van der Waals surface area contributed by atoms with Crippen LogP contribution in [0.3, 0.4) is 0 Å². The summed E-state index contributed by atoms with van der Waals surface area (Å²) in [6, 6.07) is 17.7. The van der Waals surface area contributed by atoms with Crippen LogP contribution in [0.15, 0.2) is 60.7 Å². The number of likely N-dealkylation sites (tertiary alicyclic amines) is 1. The molecular formula is C34H45N3O5. The van der Waals surface area contributed by atoms with Gasteiger partial charge in [-0.2, -0.15) is 0 Å². The van der Waals surface area contributed by atoms with E-state index in [1.807, 2.05) is 74.5 Å². The van der Waals surface area contributed by atoms with Gasteiger partial charge in [-0.05, 0) is 56.1 Å². The summed E-state index contributed by atoms with van der Waals surface area (Å²) in [6.07, 6.45) is 1.78. The fraction of sp³-hybridized carbons (Fsp3) is 0.559. The molecule has 2 aromatic rings. The number of hydrogen-bond acceptors (Lipinski definition) is 5. The van der Waals surface area contributed by atoms with Crippen molar-refractivity contribution in [2.45, 2.75) is 96.2 Å². The van der Waals surface area contributed by atoms with Crippen molar-refractivity contribution in [2.75, 3.05) is 6.61 Å². The maximum Gasteiger partial charge on any atom is 0.246 e. The van der Waals surface area contributed by atoms with Crippen molar-refractivity contribution in [2.24, 2.45) is 17.3 Å². The van der Waals surface area contributed by atoms with Gasteiger partial charge in [0.05, 0.1) is 30.6 Å². The highest BCUT2D eigenvalue weighted by Crippen LogP contribution is 2.59. The van der Waals surface area contributed by atoms with E-state index in [9.17, 15) is 19.5 Å². The third kappa shape index (κ3) is 5.84. The van der Waals surface area contributed by atoms with Gasteiger partial charge in [-0.25, -0.2) is 0 Å². The number of nitrogens with one attached hydrogen (secondary N) is 2. The van der Waals surface area contributed by atoms with E-state index in [1.165, 1.54) is 0 Å². The average molecular weight is 576 g/mol. The minimum Gasteiger partial charge on any atom is -0.394 e. The van der Waals surface area contributed by atoms with E-state index in [-0.39, 0.29) is 29.7 Å². The van der Waals surface area contributed by atoms with E-state index in [0.29, 0.717) is 25.8 Å². The summed E-state index contributed by atoms with van der Waals surface area (Å²) in [7, 11) is 0. The van der Waals surface area contributed by atoms with Crippen molar-refractivity contribution < 1.29 is 24.2 Å². The van der Waals surface area contributed by atoms with Gasteiger partial charge < -0.3 is 25.4 Å². The molecule has 2 aromatic carbocycles. The Hall–Kier alpha value is -3.23. The monoisotopic (exact) mass is 575 g/mol. The van der Waals surface area contributed by atoms with Crippen LogP contribution in [0.4, 0.5) is 0 Å². The van der Waals surface area contributed by atoms with Crippen molar-refractivity contribution >= 4 is 17.7 Å². The first-order valence-electron chi connectivity index (χ1n) is 15.1. The smallest absolute Gasteiger partial charge is 0.246 e. The van der Waals surface area contributed by atoms with E-state index < -0.39 is 41.2 Å². The molecule has 2 bridgehead atoms. The lowest BCUT2D eigenvalue weighted by Gasteiger charge is -2.40. The summed E-state index contributed by atoms with van der Waals surface area (Å²) in [5, 5.41) is 16.9. The standard InChI is InChI=1S/C34H45N3O5/c1-32(2,3)21-33(4,5)36-30(40)28-34-17-16-25(42-34)26(29(39)35-19-23-14-10-7-11-15-23)27(34)31(41)37(28)24(20-38)18-22-12-8-6-9-13-22/h6-15,24-28,38H,16-21H2,1-5H3,(H,35,39)(H,36,40)/t24-,25-,26+,27+,28?,34?/m1/s1. The van der Waals surface area contributed by atoms with Crippen LogP contribution in [0, 0.1) is 17.3 Å². The maximum atomic E-state index is 14.4. The van der Waals surface area contributed by atoms with Crippen LogP contribution in [0.25, 0.3) is 0 Å². The number of aliphatic hydroxyl groups is 1. The Labute approximate surface area is 249 Å². The second kappa shape index (κ2) is 11.5. The molecule has 42 heavy (non-hydrogen) atoms. The summed E-state index contributed by atoms with van der Waals surface area (Å²) in [6.45, 7) is 10.4. The minimum absolute atomic E-state index is 0.0338. The molecule has 3 heterocycles. The van der Waals surface area contributed by atoms with Gasteiger partial charge in [-0.3, -0.25) is 14.4 Å². The molecule has 0 aliphatic carbocycles. The van der Waals surface area contributed by atoms with E-state index in [2.05, 4.69) is 31.4 Å². The SMILES string of the molecule is CC(C)(C)CC(C)(C)NC(=O)C1N([C@@H](CO)Cc2ccccc2)C(=O)[C@@H]2[C@@H](C(=O)NCc3ccccc3)[C@H]3CCC12O3. The summed E-state index contributed by atoms with van der Waals surface area (Å²) >= 11 is 0. The van der Waals surface area contributed by atoms with Crippen LogP contribution in [-0.4, -0.2) is 63.7 Å². The molecule has 3 aliphatic heterocycles. The van der Waals surface area contributed by atoms with Gasteiger partial charge in [0.2, 0.25) is 17.7 Å². The Morgan fingerprint density at radius 1 is 1.00 bits per heavy atom. The molecule has 8 heteroatoms. The lowest BCUT2D eigenvalue weighted by molar-refractivity contribution is -0.146. The summed E-state index contributed by atoms with van der Waals surface area (Å²) in [5.41, 5.74) is 0.214. The Bertz CT molecular complexity index is 1290. The van der Waals surface area contributed by atoms with Crippen molar-refractivity contribution in [3.05, 3.63) is 71.8 Å². The molecular weight excluding hydrogens is 530 g/mol. The molecule has 0 saturated carbocycles. The number of carbonyl (C=O) groups excluding carboxylic acids is 3. The van der Waals surface area contributed by atoms with Gasteiger partial charge in [-0.1, -0.05) is 81.4 Å². The number of nitrogens with zero attached hydrogens (tertiary/aromatic N) is 1. The molecule has 226 valence electrons. The number of amides is 3. The van der Waals surface area contributed by atoms with Gasteiger partial charge in [-0.15, -0.1) is 0 Å². The average Bonchev–Trinajstić information content (AvgIpc) is 3.57. The molecule has 2 unspecified atom stereocenters. The van der Waals surface area contributed by atoms with Gasteiger partial charge in [0.1, 0.15) is 11.6 Å². The zero-order chi connectivity index (χ0) is 30.3. The second-order valence-electron chi connectivity index (χ2n) is 14.1. The highest BCUT2D eigenvalue weighted by molar-refractivity contribution is 5.99. The van der Waals surface area contributed by atoms with Crippen LogP contribution >= 0.6 is 0 Å². The van der Waals surface area contributed by atoms with E-state index >= 15 is 0 Å². The quantitative estimate of drug-likeness (QED) is 0.401. The van der Waals surface area contributed by atoms with Gasteiger partial charge >= 0.3 is 0 Å². The zero-order valence-electron chi connectivity index (χ0n) is 25.4. The first-order valence-corrected chi connectivity index (χ1v) is 15.1. The van der Waals surface area contributed by atoms with Crippen LogP contribution < -0.4 is 10.6 Å². The van der Waals surface area contributed by atoms with Gasteiger partial charge in [0, 0.05) is 12.1 Å². The normalized spacial score (nSPS) is 27.6. The number of carbonyl (C=O) groups is 3. The minimum atomic E-state index is -1.12. The van der Waals surface area contributed by atoms with Crippen LogP contribution in [0.1, 0.15) is 65.0 Å². The first kappa shape index (κ1) is 30.2.